The zero-order valence-electron chi connectivity index (χ0n) is 45.7. The van der Waals surface area contributed by atoms with Crippen molar-refractivity contribution in [1.29, 1.82) is 0 Å². The number of carbonyl (C=O) groups excluding carboxylic acids is 2. The first-order valence-electron chi connectivity index (χ1n) is 28.6. The van der Waals surface area contributed by atoms with Crippen LogP contribution in [0.2, 0.25) is 0 Å². The molecule has 0 spiro atoms. The highest BCUT2D eigenvalue weighted by molar-refractivity contribution is 5.69. The Morgan fingerprint density at radius 1 is 0.406 bits per heavy atom. The summed E-state index contributed by atoms with van der Waals surface area (Å²) in [6.07, 6.45) is 46.6. The van der Waals surface area contributed by atoms with Gasteiger partial charge in [0.15, 0.2) is 12.6 Å². The van der Waals surface area contributed by atoms with Crippen LogP contribution in [0.5, 0.6) is 0 Å². The molecule has 2 atom stereocenters. The lowest BCUT2D eigenvalue weighted by Gasteiger charge is -2.22. The normalized spacial score (nSPS) is 13.2. The molecule has 0 aliphatic heterocycles. The maximum atomic E-state index is 12.8. The highest BCUT2D eigenvalue weighted by Crippen LogP contribution is 2.16. The number of unbranched alkanes of at least 4 members (excludes halogenated alkanes) is 14. The van der Waals surface area contributed by atoms with Crippen LogP contribution < -0.4 is 0 Å². The van der Waals surface area contributed by atoms with E-state index in [1.165, 1.54) is 0 Å². The number of nitrogens with zero attached hydrogens (tertiary/aromatic N) is 1. The van der Waals surface area contributed by atoms with Crippen LogP contribution in [0.25, 0.3) is 0 Å². The van der Waals surface area contributed by atoms with E-state index in [1.54, 1.807) is 0 Å². The summed E-state index contributed by atoms with van der Waals surface area (Å²) < 4.78 is 35.9. The van der Waals surface area contributed by atoms with E-state index in [0.717, 1.165) is 193 Å². The van der Waals surface area contributed by atoms with Crippen molar-refractivity contribution in [3.8, 4) is 0 Å². The molecule has 69 heavy (non-hydrogen) atoms. The molecule has 1 N–H and O–H groups in total. The smallest absolute Gasteiger partial charge is 0.306 e. The highest BCUT2D eigenvalue weighted by Gasteiger charge is 2.17. The van der Waals surface area contributed by atoms with Crippen molar-refractivity contribution in [3.63, 3.8) is 0 Å². The Hall–Kier alpha value is -2.34. The average molecular weight is 977 g/mol. The summed E-state index contributed by atoms with van der Waals surface area (Å²) in [5, 5.41) is 9.51. The molecule has 0 aliphatic rings. The number of ether oxygens (including phenoxy) is 6. The van der Waals surface area contributed by atoms with Crippen LogP contribution in [-0.2, 0) is 38.0 Å². The third-order valence-electron chi connectivity index (χ3n) is 12.0. The average Bonchev–Trinajstić information content (AvgIpc) is 3.34. The molecule has 0 bridgehead atoms. The Kier molecular flexibility index (Phi) is 51.6. The molecule has 404 valence electrons. The van der Waals surface area contributed by atoms with Gasteiger partial charge in [-0.15, -0.1) is 0 Å². The van der Waals surface area contributed by atoms with E-state index in [9.17, 15) is 14.7 Å². The van der Waals surface area contributed by atoms with Gasteiger partial charge in [-0.1, -0.05) is 102 Å². The van der Waals surface area contributed by atoms with E-state index in [4.69, 9.17) is 28.4 Å². The Bertz CT molecular complexity index is 1090. The number of allylic oxidation sites excluding steroid dienone is 8. The lowest BCUT2D eigenvalue weighted by molar-refractivity contribution is -0.162. The van der Waals surface area contributed by atoms with Crippen molar-refractivity contribution in [1.82, 2.24) is 4.90 Å². The molecule has 0 saturated carbocycles. The first-order chi connectivity index (χ1) is 33.8. The van der Waals surface area contributed by atoms with Crippen molar-refractivity contribution < 1.29 is 43.1 Å². The molecule has 0 aromatic carbocycles. The first-order valence-corrected chi connectivity index (χ1v) is 28.6. The summed E-state index contributed by atoms with van der Waals surface area (Å²) >= 11 is 0. The molecule has 10 heteroatoms. The van der Waals surface area contributed by atoms with Crippen LogP contribution in [-0.4, -0.2) is 99.4 Å². The monoisotopic (exact) mass is 976 g/mol. The van der Waals surface area contributed by atoms with Gasteiger partial charge < -0.3 is 38.4 Å². The van der Waals surface area contributed by atoms with Crippen molar-refractivity contribution in [2.24, 2.45) is 0 Å². The fraction of sp³-hybridized carbons (Fsp3) is 0.831. The fourth-order valence-corrected chi connectivity index (χ4v) is 7.91. The Morgan fingerprint density at radius 3 is 1.04 bits per heavy atom. The van der Waals surface area contributed by atoms with Gasteiger partial charge in [0, 0.05) is 52.4 Å². The van der Waals surface area contributed by atoms with Gasteiger partial charge >= 0.3 is 11.9 Å². The third-order valence-corrected chi connectivity index (χ3v) is 12.0. The molecule has 2 unspecified atom stereocenters. The zero-order chi connectivity index (χ0) is 50.5. The van der Waals surface area contributed by atoms with E-state index >= 15 is 0 Å². The van der Waals surface area contributed by atoms with Gasteiger partial charge in [0.1, 0.15) is 0 Å². The summed E-state index contributed by atoms with van der Waals surface area (Å²) in [7, 11) is 0. The Labute approximate surface area is 425 Å². The minimum atomic E-state index is -0.373. The van der Waals surface area contributed by atoms with Crippen LogP contribution in [0.4, 0.5) is 0 Å². The maximum Gasteiger partial charge on any atom is 0.306 e. The molecular formula is C59H109NO9. The standard InChI is InChI=1S/C59H109NO9/c1-7-11-15-19-27-35-50-64-58(65-51-36-28-20-16-12-8-2)44-42-56(62)68-54(5)40-31-23-25-33-46-60(48-39-49-61)47-34-26-24-32-41-55(6)69-57(63)43-45-59(66-52-37-29-21-17-13-9-3)67-53-38-30-22-18-14-10-4/h11-18,54-55,58-59,61H,7-10,19-53H2,1-6H3/b15-11-,16-12-,17-13-,18-14-. The molecule has 0 amide bonds. The predicted molar refractivity (Wildman–Crippen MR) is 288 cm³/mol. The van der Waals surface area contributed by atoms with E-state index in [-0.39, 0.29) is 43.3 Å². The SMILES string of the molecule is CC/C=C\CCCCOC(CCC(=O)OC(C)CCCCCCN(CCCO)CCCCCCC(C)OC(=O)CCC(OCCCC/C=C\CC)OCCCC/C=C\CC)OCCCC/C=C\CC. The van der Waals surface area contributed by atoms with Crippen molar-refractivity contribution in [2.75, 3.05) is 52.7 Å². The Balaban J connectivity index is 4.42. The summed E-state index contributed by atoms with van der Waals surface area (Å²) in [6, 6.07) is 0. The predicted octanol–water partition coefficient (Wildman–Crippen LogP) is 15.3. The number of esters is 2. The van der Waals surface area contributed by atoms with Crippen LogP contribution in [0.3, 0.4) is 0 Å². The van der Waals surface area contributed by atoms with Gasteiger partial charge in [-0.2, -0.15) is 0 Å². The number of carbonyl (C=O) groups is 2. The van der Waals surface area contributed by atoms with Gasteiger partial charge in [0.2, 0.25) is 0 Å². The van der Waals surface area contributed by atoms with Gasteiger partial charge in [0.25, 0.3) is 0 Å². The van der Waals surface area contributed by atoms with Crippen molar-refractivity contribution in [3.05, 3.63) is 48.6 Å². The summed E-state index contributed by atoms with van der Waals surface area (Å²) in [4.78, 5) is 28.0. The van der Waals surface area contributed by atoms with Gasteiger partial charge in [-0.25, -0.2) is 0 Å². The third kappa shape index (κ3) is 49.0. The Morgan fingerprint density at radius 2 is 0.725 bits per heavy atom. The lowest BCUT2D eigenvalue weighted by atomic mass is 10.1. The van der Waals surface area contributed by atoms with Crippen LogP contribution in [0.15, 0.2) is 48.6 Å². The minimum absolute atomic E-state index is 0.102. The van der Waals surface area contributed by atoms with Gasteiger partial charge in [-0.3, -0.25) is 9.59 Å². The first kappa shape index (κ1) is 66.7. The van der Waals surface area contributed by atoms with E-state index < -0.39 is 0 Å². The fourth-order valence-electron chi connectivity index (χ4n) is 7.91. The van der Waals surface area contributed by atoms with Gasteiger partial charge in [-0.05, 0) is 175 Å². The van der Waals surface area contributed by atoms with Crippen molar-refractivity contribution in [2.45, 2.75) is 265 Å². The van der Waals surface area contributed by atoms with E-state index in [0.29, 0.717) is 52.1 Å². The molecular weight excluding hydrogens is 867 g/mol. The molecule has 0 radical (unpaired) electrons. The number of aliphatic hydroxyl groups excluding tert-OH is 1. The summed E-state index contributed by atoms with van der Waals surface area (Å²) in [5.74, 6) is -0.347. The van der Waals surface area contributed by atoms with Crippen LogP contribution >= 0.6 is 0 Å². The molecule has 0 fully saturated rings. The number of hydrogen-bond acceptors (Lipinski definition) is 10. The second kappa shape index (κ2) is 53.5. The zero-order valence-corrected chi connectivity index (χ0v) is 45.7. The van der Waals surface area contributed by atoms with Crippen LogP contribution in [0.1, 0.15) is 241 Å². The number of hydrogen-bond donors (Lipinski definition) is 1. The number of aliphatic hydroxyl groups is 1. The van der Waals surface area contributed by atoms with Gasteiger partial charge in [0.05, 0.1) is 25.0 Å². The largest absolute Gasteiger partial charge is 0.463 e. The molecule has 0 heterocycles. The maximum absolute atomic E-state index is 12.8. The second-order valence-electron chi connectivity index (χ2n) is 18.8. The highest BCUT2D eigenvalue weighted by atomic mass is 16.7. The molecule has 10 nitrogen and oxygen atoms in total. The number of rotatable bonds is 53. The molecule has 0 saturated heterocycles. The lowest BCUT2D eigenvalue weighted by Crippen LogP contribution is -2.28. The molecule has 0 aromatic heterocycles. The molecule has 0 rings (SSSR count). The van der Waals surface area contributed by atoms with E-state index in [1.807, 2.05) is 13.8 Å². The second-order valence-corrected chi connectivity index (χ2v) is 18.8. The summed E-state index contributed by atoms with van der Waals surface area (Å²) in [6.45, 7) is 18.4. The molecule has 0 aliphatic carbocycles. The van der Waals surface area contributed by atoms with Crippen LogP contribution in [0, 0.1) is 0 Å². The molecule has 0 aromatic rings. The van der Waals surface area contributed by atoms with Crippen molar-refractivity contribution >= 4 is 11.9 Å². The quantitative estimate of drug-likeness (QED) is 0.0274. The minimum Gasteiger partial charge on any atom is -0.463 e. The van der Waals surface area contributed by atoms with E-state index in [2.05, 4.69) is 81.2 Å². The summed E-state index contributed by atoms with van der Waals surface area (Å²) in [5.41, 5.74) is 0. The topological polar surface area (TPSA) is 113 Å².